The minimum Gasteiger partial charge on any atom is -0.492 e. The van der Waals surface area contributed by atoms with Crippen LogP contribution in [0.5, 0.6) is 5.75 Å². The van der Waals surface area contributed by atoms with Gasteiger partial charge in [-0.15, -0.1) is 0 Å². The van der Waals surface area contributed by atoms with Crippen LogP contribution in [0, 0.1) is 0 Å². The van der Waals surface area contributed by atoms with Crippen molar-refractivity contribution in [2.75, 3.05) is 13.2 Å². The molecule has 1 atom stereocenters. The molecule has 3 rings (SSSR count). The molecule has 2 heterocycles. The molecule has 0 fully saturated rings. The third-order valence-corrected chi connectivity index (χ3v) is 3.53. The second-order valence-electron chi connectivity index (χ2n) is 5.10. The van der Waals surface area contributed by atoms with E-state index in [1.54, 1.807) is 6.20 Å². The first kappa shape index (κ1) is 14.5. The Morgan fingerprint density at radius 2 is 2.14 bits per heavy atom. The van der Waals surface area contributed by atoms with Crippen LogP contribution in [0.4, 0.5) is 0 Å². The van der Waals surface area contributed by atoms with Gasteiger partial charge in [0.25, 0.3) is 0 Å². The summed E-state index contributed by atoms with van der Waals surface area (Å²) in [5.41, 5.74) is 1.83. The zero-order valence-corrected chi connectivity index (χ0v) is 12.2. The van der Waals surface area contributed by atoms with Crippen molar-refractivity contribution >= 4 is 5.97 Å². The number of carbonyl (C=O) groups excluding carboxylic acids is 1. The van der Waals surface area contributed by atoms with Gasteiger partial charge < -0.3 is 9.47 Å². The second-order valence-corrected chi connectivity index (χ2v) is 5.10. The fourth-order valence-corrected chi connectivity index (χ4v) is 2.40. The molecule has 1 aromatic heterocycles. The van der Waals surface area contributed by atoms with Gasteiger partial charge in [0.2, 0.25) is 0 Å². The molecule has 1 aliphatic heterocycles. The van der Waals surface area contributed by atoms with Crippen LogP contribution in [0.1, 0.15) is 23.7 Å². The molecule has 114 valence electrons. The first-order chi connectivity index (χ1) is 10.8. The van der Waals surface area contributed by atoms with E-state index in [2.05, 4.69) is 10.3 Å². The molecular weight excluding hydrogens is 280 g/mol. The highest BCUT2D eigenvalue weighted by Crippen LogP contribution is 2.29. The molecule has 0 spiro atoms. The van der Waals surface area contributed by atoms with Gasteiger partial charge in [-0.3, -0.25) is 15.1 Å². The van der Waals surface area contributed by atoms with Gasteiger partial charge in [-0.1, -0.05) is 30.3 Å². The van der Waals surface area contributed by atoms with Crippen LogP contribution in [0.2, 0.25) is 0 Å². The average molecular weight is 298 g/mol. The summed E-state index contributed by atoms with van der Waals surface area (Å²) in [6.45, 7) is 1.08. The highest BCUT2D eigenvalue weighted by atomic mass is 16.5. The predicted molar refractivity (Wildman–Crippen MR) is 81.3 cm³/mol. The topological polar surface area (TPSA) is 60.5 Å². The van der Waals surface area contributed by atoms with E-state index in [-0.39, 0.29) is 18.6 Å². The van der Waals surface area contributed by atoms with Crippen molar-refractivity contribution in [3.63, 3.8) is 0 Å². The first-order valence-electron chi connectivity index (χ1n) is 7.33. The normalized spacial score (nSPS) is 16.5. The van der Waals surface area contributed by atoms with Gasteiger partial charge >= 0.3 is 5.97 Å². The Labute approximate surface area is 129 Å². The Balaban J connectivity index is 1.50. The summed E-state index contributed by atoms with van der Waals surface area (Å²) in [4.78, 5) is 16.2. The van der Waals surface area contributed by atoms with E-state index in [0.29, 0.717) is 13.2 Å². The van der Waals surface area contributed by atoms with Crippen LogP contribution in [-0.4, -0.2) is 24.1 Å². The Kier molecular flexibility index (Phi) is 4.65. The largest absolute Gasteiger partial charge is 0.492 e. The lowest BCUT2D eigenvalue weighted by molar-refractivity contribution is -0.144. The number of pyridine rings is 1. The summed E-state index contributed by atoms with van der Waals surface area (Å²) in [6, 6.07) is 13.4. The molecule has 1 aromatic carbocycles. The maximum atomic E-state index is 11.8. The average Bonchev–Trinajstić information content (AvgIpc) is 2.59. The lowest BCUT2D eigenvalue weighted by Crippen LogP contribution is -2.32. The quantitative estimate of drug-likeness (QED) is 0.858. The minimum absolute atomic E-state index is 0.0224. The summed E-state index contributed by atoms with van der Waals surface area (Å²) in [6.07, 6.45) is 2.52. The summed E-state index contributed by atoms with van der Waals surface area (Å²) < 4.78 is 10.8. The van der Waals surface area contributed by atoms with Gasteiger partial charge in [0.05, 0.1) is 24.9 Å². The maximum absolute atomic E-state index is 11.8. The van der Waals surface area contributed by atoms with Gasteiger partial charge in [0.1, 0.15) is 12.4 Å². The zero-order chi connectivity index (χ0) is 15.2. The number of benzene rings is 1. The molecular formula is C17H18N2O3. The van der Waals surface area contributed by atoms with Gasteiger partial charge in [0.15, 0.2) is 0 Å². The Bertz CT molecular complexity index is 631. The Morgan fingerprint density at radius 1 is 1.27 bits per heavy atom. The molecule has 0 saturated heterocycles. The highest BCUT2D eigenvalue weighted by Gasteiger charge is 2.22. The lowest BCUT2D eigenvalue weighted by atomic mass is 10.1. The molecule has 1 aliphatic rings. The van der Waals surface area contributed by atoms with E-state index >= 15 is 0 Å². The molecule has 0 radical (unpaired) electrons. The van der Waals surface area contributed by atoms with Crippen molar-refractivity contribution in [1.29, 1.82) is 0 Å². The third-order valence-electron chi connectivity index (χ3n) is 3.53. The number of rotatable bonds is 5. The van der Waals surface area contributed by atoms with Gasteiger partial charge in [-0.2, -0.15) is 0 Å². The van der Waals surface area contributed by atoms with Crippen LogP contribution in [0.25, 0.3) is 0 Å². The summed E-state index contributed by atoms with van der Waals surface area (Å²) >= 11 is 0. The molecule has 0 aliphatic carbocycles. The van der Waals surface area contributed by atoms with E-state index in [1.807, 2.05) is 42.5 Å². The maximum Gasteiger partial charge on any atom is 0.320 e. The van der Waals surface area contributed by atoms with Crippen molar-refractivity contribution in [2.45, 2.75) is 19.1 Å². The van der Waals surface area contributed by atoms with Crippen molar-refractivity contribution < 1.29 is 14.3 Å². The molecule has 1 N–H and O–H groups in total. The van der Waals surface area contributed by atoms with E-state index in [0.717, 1.165) is 23.4 Å². The second kappa shape index (κ2) is 7.04. The first-order valence-corrected chi connectivity index (χ1v) is 7.33. The van der Waals surface area contributed by atoms with Crippen LogP contribution < -0.4 is 10.1 Å². The molecule has 0 saturated carbocycles. The highest BCUT2D eigenvalue weighted by molar-refractivity contribution is 5.71. The van der Waals surface area contributed by atoms with Crippen molar-refractivity contribution in [3.8, 4) is 5.75 Å². The fourth-order valence-electron chi connectivity index (χ4n) is 2.40. The molecule has 5 heteroatoms. The molecule has 0 amide bonds. The van der Waals surface area contributed by atoms with E-state index in [4.69, 9.17) is 9.47 Å². The number of ether oxygens (including phenoxy) is 2. The number of nitrogens with one attached hydrogen (secondary N) is 1. The molecule has 5 nitrogen and oxygen atoms in total. The number of aromatic nitrogens is 1. The van der Waals surface area contributed by atoms with Gasteiger partial charge in [-0.05, 0) is 17.7 Å². The van der Waals surface area contributed by atoms with E-state index in [9.17, 15) is 4.79 Å². The molecule has 2 aromatic rings. The predicted octanol–water partition coefficient (Wildman–Crippen LogP) is 2.24. The van der Waals surface area contributed by atoms with Crippen molar-refractivity contribution in [1.82, 2.24) is 10.3 Å². The summed E-state index contributed by atoms with van der Waals surface area (Å²) in [7, 11) is 0. The molecule has 0 unspecified atom stereocenters. The Hall–Kier alpha value is -2.40. The van der Waals surface area contributed by atoms with Crippen LogP contribution in [0.15, 0.2) is 48.7 Å². The Morgan fingerprint density at radius 3 is 3.00 bits per heavy atom. The monoisotopic (exact) mass is 298 g/mol. The SMILES string of the molecule is O=C(CN[C@@H]1CCOc2cccnc21)OCc1ccccc1. The van der Waals surface area contributed by atoms with Gasteiger partial charge in [-0.25, -0.2) is 0 Å². The number of nitrogens with zero attached hydrogens (tertiary/aromatic N) is 1. The number of hydrogen-bond acceptors (Lipinski definition) is 5. The molecule has 22 heavy (non-hydrogen) atoms. The van der Waals surface area contributed by atoms with E-state index < -0.39 is 0 Å². The summed E-state index contributed by atoms with van der Waals surface area (Å²) in [5.74, 6) is 0.511. The zero-order valence-electron chi connectivity index (χ0n) is 12.2. The van der Waals surface area contributed by atoms with Crippen LogP contribution in [0.3, 0.4) is 0 Å². The number of carbonyl (C=O) groups is 1. The number of esters is 1. The summed E-state index contributed by atoms with van der Waals surface area (Å²) in [5, 5.41) is 3.20. The number of hydrogen-bond donors (Lipinski definition) is 1. The number of fused-ring (bicyclic) bond motifs is 1. The van der Waals surface area contributed by atoms with Crippen molar-refractivity contribution in [2.24, 2.45) is 0 Å². The van der Waals surface area contributed by atoms with Crippen LogP contribution >= 0.6 is 0 Å². The van der Waals surface area contributed by atoms with E-state index in [1.165, 1.54) is 0 Å². The molecule has 0 bridgehead atoms. The minimum atomic E-state index is -0.271. The fraction of sp³-hybridized carbons (Fsp3) is 0.294. The lowest BCUT2D eigenvalue weighted by Gasteiger charge is -2.25. The van der Waals surface area contributed by atoms with Gasteiger partial charge in [0, 0.05) is 12.6 Å². The van der Waals surface area contributed by atoms with Crippen molar-refractivity contribution in [3.05, 3.63) is 59.9 Å². The third kappa shape index (κ3) is 3.62. The standard InChI is InChI=1S/C17H18N2O3/c20-16(22-12-13-5-2-1-3-6-13)11-19-14-8-10-21-15-7-4-9-18-17(14)15/h1-7,9,14,19H,8,10-12H2/t14-/m1/s1. The van der Waals surface area contributed by atoms with Crippen LogP contribution in [-0.2, 0) is 16.1 Å². The smallest absolute Gasteiger partial charge is 0.320 e.